The molecule has 0 saturated carbocycles. The molecule has 1 aliphatic heterocycles. The number of para-hydroxylation sites is 2. The number of nitro benzene ring substituents is 1. The van der Waals surface area contributed by atoms with Crippen molar-refractivity contribution >= 4 is 34.3 Å². The molecule has 1 amide bonds. The van der Waals surface area contributed by atoms with E-state index in [0.717, 1.165) is 61.7 Å². The number of nitrogens with zero attached hydrogens (tertiary/aromatic N) is 5. The number of anilines is 2. The van der Waals surface area contributed by atoms with E-state index in [4.69, 9.17) is 4.98 Å². The molecule has 2 heterocycles. The minimum Gasteiger partial charge on any atom is -0.340 e. The molecule has 0 radical (unpaired) electrons. The normalized spacial score (nSPS) is 14.6. The van der Waals surface area contributed by atoms with Gasteiger partial charge in [0.15, 0.2) is 0 Å². The van der Waals surface area contributed by atoms with Crippen molar-refractivity contribution < 1.29 is 9.72 Å². The van der Waals surface area contributed by atoms with Crippen LogP contribution >= 0.6 is 0 Å². The van der Waals surface area contributed by atoms with Crippen LogP contribution in [0.1, 0.15) is 18.9 Å². The monoisotopic (exact) mass is 436 g/mol. The Bertz CT molecular complexity index is 1130. The van der Waals surface area contributed by atoms with Gasteiger partial charge in [0.05, 0.1) is 28.2 Å². The fourth-order valence-electron chi connectivity index (χ4n) is 4.11. The van der Waals surface area contributed by atoms with Gasteiger partial charge in [0, 0.05) is 44.9 Å². The van der Waals surface area contributed by atoms with Crippen LogP contribution in [-0.4, -0.2) is 58.0 Å². The summed E-state index contributed by atoms with van der Waals surface area (Å²) >= 11 is 0. The first-order valence-electron chi connectivity index (χ1n) is 10.9. The van der Waals surface area contributed by atoms with Gasteiger partial charge >= 0.3 is 0 Å². The van der Waals surface area contributed by atoms with E-state index in [1.54, 1.807) is 6.07 Å². The van der Waals surface area contributed by atoms with Gasteiger partial charge in [-0.05, 0) is 31.0 Å². The van der Waals surface area contributed by atoms with Crippen LogP contribution in [0.4, 0.5) is 17.3 Å². The number of aromatic nitrogens is 2. The van der Waals surface area contributed by atoms with Crippen LogP contribution in [0.5, 0.6) is 0 Å². The van der Waals surface area contributed by atoms with Crippen molar-refractivity contribution in [2.45, 2.75) is 26.8 Å². The van der Waals surface area contributed by atoms with Gasteiger partial charge in [-0.15, -0.1) is 0 Å². The molecule has 1 fully saturated rings. The number of piperazine rings is 1. The van der Waals surface area contributed by atoms with Gasteiger partial charge in [0.1, 0.15) is 0 Å². The summed E-state index contributed by atoms with van der Waals surface area (Å²) in [6.07, 6.45) is 1.03. The number of rotatable bonds is 7. The molecule has 0 atom stereocenters. The highest BCUT2D eigenvalue weighted by Crippen LogP contribution is 2.25. The smallest absolute Gasteiger partial charge is 0.271 e. The molecule has 32 heavy (non-hydrogen) atoms. The maximum absolute atomic E-state index is 12.6. The second kappa shape index (κ2) is 9.35. The van der Waals surface area contributed by atoms with Gasteiger partial charge in [-0.25, -0.2) is 4.98 Å². The molecule has 0 unspecified atom stereocenters. The van der Waals surface area contributed by atoms with E-state index in [2.05, 4.69) is 32.7 Å². The molecule has 9 heteroatoms. The number of carbonyl (C=O) groups excluding carboxylic acids is 1. The van der Waals surface area contributed by atoms with E-state index in [1.807, 2.05) is 25.1 Å². The third-order valence-corrected chi connectivity index (χ3v) is 5.81. The molecule has 1 N–H and O–H groups in total. The van der Waals surface area contributed by atoms with Gasteiger partial charge in [-0.1, -0.05) is 25.1 Å². The first kappa shape index (κ1) is 21.8. The number of hydrogen-bond donors (Lipinski definition) is 1. The highest BCUT2D eigenvalue weighted by Gasteiger charge is 2.23. The molecule has 9 nitrogen and oxygen atoms in total. The number of non-ortho nitro benzene ring substituents is 1. The zero-order valence-corrected chi connectivity index (χ0v) is 18.5. The zero-order chi connectivity index (χ0) is 22.7. The van der Waals surface area contributed by atoms with Crippen molar-refractivity contribution in [1.82, 2.24) is 14.5 Å². The van der Waals surface area contributed by atoms with Crippen molar-refractivity contribution in [1.29, 1.82) is 0 Å². The first-order valence-corrected chi connectivity index (χ1v) is 10.9. The summed E-state index contributed by atoms with van der Waals surface area (Å²) in [5, 5.41) is 13.8. The summed E-state index contributed by atoms with van der Waals surface area (Å²) in [6, 6.07) is 12.7. The average Bonchev–Trinajstić information content (AvgIpc) is 3.14. The van der Waals surface area contributed by atoms with Crippen LogP contribution in [0.2, 0.25) is 0 Å². The third kappa shape index (κ3) is 4.57. The lowest BCUT2D eigenvalue weighted by Crippen LogP contribution is -2.49. The number of carbonyl (C=O) groups is 1. The Morgan fingerprint density at radius 1 is 1.16 bits per heavy atom. The van der Waals surface area contributed by atoms with E-state index < -0.39 is 4.92 Å². The molecule has 168 valence electrons. The van der Waals surface area contributed by atoms with E-state index in [-0.39, 0.29) is 18.1 Å². The quantitative estimate of drug-likeness (QED) is 0.450. The Morgan fingerprint density at radius 3 is 2.62 bits per heavy atom. The summed E-state index contributed by atoms with van der Waals surface area (Å²) < 4.78 is 2.28. The number of nitro groups is 1. The average molecular weight is 437 g/mol. The van der Waals surface area contributed by atoms with Crippen molar-refractivity contribution in [2.75, 3.05) is 42.9 Å². The van der Waals surface area contributed by atoms with Crippen molar-refractivity contribution in [3.05, 3.63) is 58.1 Å². The number of imidazole rings is 1. The summed E-state index contributed by atoms with van der Waals surface area (Å²) in [7, 11) is 0. The highest BCUT2D eigenvalue weighted by atomic mass is 16.6. The fourth-order valence-corrected chi connectivity index (χ4v) is 4.11. The predicted octanol–water partition coefficient (Wildman–Crippen LogP) is 3.42. The zero-order valence-electron chi connectivity index (χ0n) is 18.5. The number of amides is 1. The van der Waals surface area contributed by atoms with Gasteiger partial charge in [0.25, 0.3) is 5.69 Å². The fraction of sp³-hybridized carbons (Fsp3) is 0.391. The Morgan fingerprint density at radius 2 is 1.91 bits per heavy atom. The molecule has 2 aromatic carbocycles. The predicted molar refractivity (Wildman–Crippen MR) is 125 cm³/mol. The summed E-state index contributed by atoms with van der Waals surface area (Å²) in [4.78, 5) is 32.4. The maximum atomic E-state index is 12.6. The summed E-state index contributed by atoms with van der Waals surface area (Å²) in [6.45, 7) is 8.22. The molecule has 0 bridgehead atoms. The van der Waals surface area contributed by atoms with E-state index in [1.165, 1.54) is 12.1 Å². The van der Waals surface area contributed by atoms with Crippen molar-refractivity contribution in [3.63, 3.8) is 0 Å². The summed E-state index contributed by atoms with van der Waals surface area (Å²) in [5.74, 6) is 0.824. The van der Waals surface area contributed by atoms with Crippen LogP contribution in [-0.2, 0) is 11.3 Å². The van der Waals surface area contributed by atoms with E-state index in [9.17, 15) is 14.9 Å². The largest absolute Gasteiger partial charge is 0.340 e. The SMILES string of the molecule is CCCn1c(N2CCN(CC(=O)Nc3cc([N+](=O)[O-])ccc3C)CC2)nc2ccccc21. The lowest BCUT2D eigenvalue weighted by atomic mass is 10.2. The standard InChI is InChI=1S/C23H28N6O3/c1-3-10-28-21-7-5-4-6-19(21)25-23(28)27-13-11-26(12-14-27)16-22(30)24-20-15-18(29(31)32)9-8-17(20)2/h4-9,15H,3,10-14,16H2,1-2H3,(H,24,30). The molecule has 0 spiro atoms. The number of benzene rings is 2. The van der Waals surface area contributed by atoms with Crippen LogP contribution < -0.4 is 10.2 Å². The van der Waals surface area contributed by atoms with Crippen LogP contribution in [0.15, 0.2) is 42.5 Å². The summed E-state index contributed by atoms with van der Waals surface area (Å²) in [5.41, 5.74) is 3.40. The van der Waals surface area contributed by atoms with E-state index in [0.29, 0.717) is 5.69 Å². The first-order chi connectivity index (χ1) is 15.5. The minimum absolute atomic E-state index is 0.0329. The molecular weight excluding hydrogens is 408 g/mol. The number of fused-ring (bicyclic) bond motifs is 1. The van der Waals surface area contributed by atoms with Crippen LogP contribution in [0.3, 0.4) is 0 Å². The Kier molecular flexibility index (Phi) is 6.36. The van der Waals surface area contributed by atoms with Gasteiger partial charge in [-0.3, -0.25) is 19.8 Å². The number of aryl methyl sites for hydroxylation is 2. The van der Waals surface area contributed by atoms with Crippen molar-refractivity contribution in [3.8, 4) is 0 Å². The molecule has 0 aliphatic carbocycles. The topological polar surface area (TPSA) is 96.5 Å². The third-order valence-electron chi connectivity index (χ3n) is 5.81. The molecule has 1 aromatic heterocycles. The maximum Gasteiger partial charge on any atom is 0.271 e. The van der Waals surface area contributed by atoms with Gasteiger partial charge in [0.2, 0.25) is 11.9 Å². The molecule has 3 aromatic rings. The second-order valence-corrected chi connectivity index (χ2v) is 8.12. The Labute approximate surface area is 186 Å². The van der Waals surface area contributed by atoms with E-state index >= 15 is 0 Å². The number of hydrogen-bond acceptors (Lipinski definition) is 6. The molecule has 4 rings (SSSR count). The lowest BCUT2D eigenvalue weighted by Gasteiger charge is -2.35. The van der Waals surface area contributed by atoms with Crippen LogP contribution in [0.25, 0.3) is 11.0 Å². The Hall–Kier alpha value is -3.46. The Balaban J connectivity index is 1.38. The van der Waals surface area contributed by atoms with Gasteiger partial charge in [-0.2, -0.15) is 0 Å². The second-order valence-electron chi connectivity index (χ2n) is 8.12. The van der Waals surface area contributed by atoms with Gasteiger partial charge < -0.3 is 14.8 Å². The number of nitrogens with one attached hydrogen (secondary N) is 1. The minimum atomic E-state index is -0.458. The van der Waals surface area contributed by atoms with Crippen molar-refractivity contribution in [2.24, 2.45) is 0 Å². The lowest BCUT2D eigenvalue weighted by molar-refractivity contribution is -0.384. The molecule has 1 saturated heterocycles. The molecular formula is C23H28N6O3. The molecule has 1 aliphatic rings. The highest BCUT2D eigenvalue weighted by molar-refractivity contribution is 5.93. The van der Waals surface area contributed by atoms with Crippen LogP contribution in [0, 0.1) is 17.0 Å².